The Kier molecular flexibility index (Phi) is 4.68. The predicted molar refractivity (Wildman–Crippen MR) is 91.7 cm³/mol. The Morgan fingerprint density at radius 3 is 2.70 bits per heavy atom. The topological polar surface area (TPSA) is 59.8 Å². The van der Waals surface area contributed by atoms with E-state index < -0.39 is 0 Å². The van der Waals surface area contributed by atoms with Crippen molar-refractivity contribution in [3.63, 3.8) is 0 Å². The van der Waals surface area contributed by atoms with Crippen LogP contribution in [0.5, 0.6) is 0 Å². The molecule has 0 amide bonds. The third kappa shape index (κ3) is 3.96. The number of halogens is 1. The predicted octanol–water partition coefficient (Wildman–Crippen LogP) is 3.07. The van der Waals surface area contributed by atoms with E-state index in [1.54, 1.807) is 24.4 Å². The van der Waals surface area contributed by atoms with Crippen LogP contribution in [0.15, 0.2) is 65.6 Å². The number of anilines is 1. The fourth-order valence-corrected chi connectivity index (χ4v) is 2.36. The normalized spacial score (nSPS) is 10.5. The van der Waals surface area contributed by atoms with Gasteiger partial charge in [0.05, 0.1) is 12.2 Å². The van der Waals surface area contributed by atoms with Gasteiger partial charge in [0.1, 0.15) is 5.15 Å². The molecule has 3 rings (SSSR count). The van der Waals surface area contributed by atoms with Gasteiger partial charge in [0, 0.05) is 30.1 Å². The van der Waals surface area contributed by atoms with E-state index in [1.165, 1.54) is 4.68 Å². The maximum atomic E-state index is 11.9. The Morgan fingerprint density at radius 1 is 1.09 bits per heavy atom. The third-order valence-electron chi connectivity index (χ3n) is 3.32. The van der Waals surface area contributed by atoms with Crippen molar-refractivity contribution >= 4 is 17.3 Å². The minimum atomic E-state index is -0.126. The number of nitrogens with one attached hydrogen (secondary N) is 1. The molecule has 0 saturated carbocycles. The lowest BCUT2D eigenvalue weighted by molar-refractivity contribution is 0.601. The Hall–Kier alpha value is -2.66. The zero-order valence-corrected chi connectivity index (χ0v) is 13.1. The van der Waals surface area contributed by atoms with Gasteiger partial charge < -0.3 is 5.32 Å². The molecule has 0 aliphatic carbocycles. The van der Waals surface area contributed by atoms with Crippen LogP contribution in [0.1, 0.15) is 0 Å². The average Bonchev–Trinajstić information content (AvgIpc) is 2.57. The Bertz CT molecular complexity index is 848. The molecule has 1 aromatic carbocycles. The van der Waals surface area contributed by atoms with Crippen LogP contribution in [0.25, 0.3) is 11.3 Å². The summed E-state index contributed by atoms with van der Waals surface area (Å²) < 4.78 is 1.46. The first-order valence-electron chi connectivity index (χ1n) is 7.21. The summed E-state index contributed by atoms with van der Waals surface area (Å²) in [6.07, 6.45) is 1.63. The van der Waals surface area contributed by atoms with E-state index in [4.69, 9.17) is 11.6 Å². The molecule has 3 aromatic rings. The van der Waals surface area contributed by atoms with Gasteiger partial charge in [-0.05, 0) is 18.2 Å². The summed E-state index contributed by atoms with van der Waals surface area (Å²) in [4.78, 5) is 15.9. The molecule has 0 unspecified atom stereocenters. The largest absolute Gasteiger partial charge is 0.383 e. The lowest BCUT2D eigenvalue weighted by atomic mass is 10.1. The molecule has 0 bridgehead atoms. The molecule has 2 aromatic heterocycles. The molecule has 23 heavy (non-hydrogen) atoms. The van der Waals surface area contributed by atoms with Crippen LogP contribution in [0.4, 0.5) is 5.69 Å². The molecule has 5 nitrogen and oxygen atoms in total. The number of nitrogens with zero attached hydrogens (tertiary/aromatic N) is 3. The van der Waals surface area contributed by atoms with Crippen molar-refractivity contribution in [3.8, 4) is 11.3 Å². The zero-order valence-electron chi connectivity index (χ0n) is 12.3. The SMILES string of the molecule is O=c1ccc(-c2ccccc2)nn1CCNc1ccnc(Cl)c1. The van der Waals surface area contributed by atoms with Crippen molar-refractivity contribution in [2.45, 2.75) is 6.54 Å². The summed E-state index contributed by atoms with van der Waals surface area (Å²) in [6.45, 7) is 1.02. The summed E-state index contributed by atoms with van der Waals surface area (Å²) in [5.74, 6) is 0. The first-order chi connectivity index (χ1) is 11.2. The molecule has 0 aliphatic heterocycles. The quantitative estimate of drug-likeness (QED) is 0.732. The van der Waals surface area contributed by atoms with Gasteiger partial charge in [0.2, 0.25) is 0 Å². The highest BCUT2D eigenvalue weighted by molar-refractivity contribution is 6.29. The molecule has 1 N–H and O–H groups in total. The Morgan fingerprint density at radius 2 is 1.91 bits per heavy atom. The second-order valence-electron chi connectivity index (χ2n) is 4.94. The van der Waals surface area contributed by atoms with Crippen LogP contribution in [0, 0.1) is 0 Å². The first kappa shape index (κ1) is 15.2. The van der Waals surface area contributed by atoms with Gasteiger partial charge in [-0.3, -0.25) is 4.79 Å². The van der Waals surface area contributed by atoms with Gasteiger partial charge in [-0.25, -0.2) is 9.67 Å². The standard InChI is InChI=1S/C17H15ClN4O/c18-16-12-14(8-9-20-16)19-10-11-22-17(23)7-6-15(21-22)13-4-2-1-3-5-13/h1-9,12H,10-11H2,(H,19,20). The minimum absolute atomic E-state index is 0.126. The highest BCUT2D eigenvalue weighted by Gasteiger charge is 2.03. The van der Waals surface area contributed by atoms with E-state index in [1.807, 2.05) is 36.4 Å². The summed E-state index contributed by atoms with van der Waals surface area (Å²) in [5.41, 5.74) is 2.49. The smallest absolute Gasteiger partial charge is 0.266 e. The van der Waals surface area contributed by atoms with Crippen molar-refractivity contribution in [2.75, 3.05) is 11.9 Å². The number of pyridine rings is 1. The molecule has 0 aliphatic rings. The third-order valence-corrected chi connectivity index (χ3v) is 3.52. The first-order valence-corrected chi connectivity index (χ1v) is 7.59. The molecule has 0 spiro atoms. The van der Waals surface area contributed by atoms with Crippen LogP contribution in [0.3, 0.4) is 0 Å². The van der Waals surface area contributed by atoms with E-state index in [2.05, 4.69) is 15.4 Å². The van der Waals surface area contributed by atoms with Crippen molar-refractivity contribution in [1.82, 2.24) is 14.8 Å². The highest BCUT2D eigenvalue weighted by atomic mass is 35.5. The number of benzene rings is 1. The second-order valence-corrected chi connectivity index (χ2v) is 5.33. The molecule has 0 fully saturated rings. The van der Waals surface area contributed by atoms with Gasteiger partial charge >= 0.3 is 0 Å². The van der Waals surface area contributed by atoms with Gasteiger partial charge in [0.15, 0.2) is 0 Å². The van der Waals surface area contributed by atoms with Crippen molar-refractivity contribution < 1.29 is 0 Å². The number of aromatic nitrogens is 3. The molecule has 6 heteroatoms. The van der Waals surface area contributed by atoms with Crippen LogP contribution in [-0.2, 0) is 6.54 Å². The van der Waals surface area contributed by atoms with Crippen LogP contribution in [0.2, 0.25) is 5.15 Å². The second kappa shape index (κ2) is 7.07. The maximum Gasteiger partial charge on any atom is 0.266 e. The fraction of sp³-hybridized carbons (Fsp3) is 0.118. The average molecular weight is 327 g/mol. The van der Waals surface area contributed by atoms with E-state index >= 15 is 0 Å². The molecule has 0 atom stereocenters. The number of hydrogen-bond acceptors (Lipinski definition) is 4. The van der Waals surface area contributed by atoms with E-state index in [0.717, 1.165) is 16.9 Å². The highest BCUT2D eigenvalue weighted by Crippen LogP contribution is 2.14. The maximum absolute atomic E-state index is 11.9. The van der Waals surface area contributed by atoms with Crippen LogP contribution < -0.4 is 10.9 Å². The van der Waals surface area contributed by atoms with Crippen molar-refractivity contribution in [1.29, 1.82) is 0 Å². The summed E-state index contributed by atoms with van der Waals surface area (Å²) in [7, 11) is 0. The van der Waals surface area contributed by atoms with Crippen LogP contribution >= 0.6 is 11.6 Å². The van der Waals surface area contributed by atoms with Crippen LogP contribution in [-0.4, -0.2) is 21.3 Å². The van der Waals surface area contributed by atoms with E-state index in [9.17, 15) is 4.79 Å². The number of rotatable bonds is 5. The van der Waals surface area contributed by atoms with Gasteiger partial charge in [0.25, 0.3) is 5.56 Å². The molecule has 2 heterocycles. The summed E-state index contributed by atoms with van der Waals surface area (Å²) >= 11 is 5.84. The Balaban J connectivity index is 1.71. The molecule has 0 radical (unpaired) electrons. The Labute approximate surface area is 138 Å². The van der Waals surface area contributed by atoms with Gasteiger partial charge in [-0.2, -0.15) is 5.10 Å². The summed E-state index contributed by atoms with van der Waals surface area (Å²) in [6, 6.07) is 16.6. The van der Waals surface area contributed by atoms with Gasteiger partial charge in [-0.15, -0.1) is 0 Å². The fourth-order valence-electron chi connectivity index (χ4n) is 2.19. The molecular formula is C17H15ClN4O. The molecular weight excluding hydrogens is 312 g/mol. The molecule has 0 saturated heterocycles. The van der Waals surface area contributed by atoms with Crippen molar-refractivity contribution in [2.24, 2.45) is 0 Å². The zero-order chi connectivity index (χ0) is 16.1. The monoisotopic (exact) mass is 326 g/mol. The van der Waals surface area contributed by atoms with Crippen molar-refractivity contribution in [3.05, 3.63) is 76.3 Å². The molecule has 116 valence electrons. The lowest BCUT2D eigenvalue weighted by Gasteiger charge is -2.09. The lowest BCUT2D eigenvalue weighted by Crippen LogP contribution is -2.25. The minimum Gasteiger partial charge on any atom is -0.383 e. The number of hydrogen-bond donors (Lipinski definition) is 1. The van der Waals surface area contributed by atoms with Gasteiger partial charge in [-0.1, -0.05) is 41.9 Å². The van der Waals surface area contributed by atoms with E-state index in [-0.39, 0.29) is 5.56 Å². The van der Waals surface area contributed by atoms with E-state index in [0.29, 0.717) is 18.2 Å². The summed E-state index contributed by atoms with van der Waals surface area (Å²) in [5, 5.41) is 8.04.